The van der Waals surface area contributed by atoms with Crippen molar-refractivity contribution in [3.8, 4) is 0 Å². The van der Waals surface area contributed by atoms with Crippen LogP contribution in [0, 0.1) is 0 Å². The summed E-state index contributed by atoms with van der Waals surface area (Å²) in [5.41, 5.74) is 7.29. The fraction of sp³-hybridized carbons (Fsp3) is 0.500. The third kappa shape index (κ3) is 4.79. The zero-order valence-corrected chi connectivity index (χ0v) is 21.7. The second kappa shape index (κ2) is 9.01. The first kappa shape index (κ1) is 25.5. The summed E-state index contributed by atoms with van der Waals surface area (Å²) >= 11 is 0. The minimum Gasteiger partial charge on any atom is -0.385 e. The van der Waals surface area contributed by atoms with Crippen LogP contribution in [0.3, 0.4) is 0 Å². The number of ether oxygens (including phenoxy) is 1. The number of hydrogen-bond acceptors (Lipinski definition) is 10. The largest absolute Gasteiger partial charge is 0.385 e. The van der Waals surface area contributed by atoms with E-state index < -0.39 is 33.5 Å². The van der Waals surface area contributed by atoms with Crippen LogP contribution in [0.5, 0.6) is 0 Å². The molecule has 37 heavy (non-hydrogen) atoms. The van der Waals surface area contributed by atoms with Crippen LogP contribution in [-0.2, 0) is 32.1 Å². The first-order valence-corrected chi connectivity index (χ1v) is 13.9. The van der Waals surface area contributed by atoms with E-state index in [1.54, 1.807) is 0 Å². The molecule has 0 spiro atoms. The van der Waals surface area contributed by atoms with Gasteiger partial charge in [-0.3, -0.25) is 4.57 Å². The predicted molar refractivity (Wildman–Crippen MR) is 137 cm³/mol. The van der Waals surface area contributed by atoms with Gasteiger partial charge >= 0.3 is 0 Å². The van der Waals surface area contributed by atoms with Crippen LogP contribution in [0.1, 0.15) is 38.6 Å². The highest BCUT2D eigenvalue weighted by Crippen LogP contribution is 2.33. The third-order valence-electron chi connectivity index (χ3n) is 6.80. The number of H-pyrrole nitrogens is 1. The Morgan fingerprint density at radius 3 is 2.81 bits per heavy atom. The number of imidazole rings is 2. The average Bonchev–Trinajstić information content (AvgIpc) is 3.51. The molecule has 12 nitrogen and oxygen atoms in total. The molecule has 0 aliphatic carbocycles. The molecule has 5 rings (SSSR count). The van der Waals surface area contributed by atoms with Crippen LogP contribution in [0.25, 0.3) is 22.2 Å². The van der Waals surface area contributed by atoms with Crippen molar-refractivity contribution in [1.82, 2.24) is 29.5 Å². The van der Waals surface area contributed by atoms with Gasteiger partial charge in [-0.1, -0.05) is 26.8 Å². The molecule has 198 valence electrons. The zero-order valence-electron chi connectivity index (χ0n) is 20.9. The van der Waals surface area contributed by atoms with Crippen molar-refractivity contribution in [2.24, 2.45) is 0 Å². The summed E-state index contributed by atoms with van der Waals surface area (Å²) in [6, 6.07) is 6.10. The number of benzene rings is 1. The lowest BCUT2D eigenvalue weighted by atomic mass is 9.87. The maximum atomic E-state index is 12.8. The molecule has 3 aromatic heterocycles. The number of aromatic nitrogens is 6. The number of aryl methyl sites for hydroxylation is 1. The molecular weight excluding hydrogens is 498 g/mol. The van der Waals surface area contributed by atoms with Crippen molar-refractivity contribution in [3.63, 3.8) is 0 Å². The van der Waals surface area contributed by atoms with Crippen molar-refractivity contribution < 1.29 is 23.4 Å². The van der Waals surface area contributed by atoms with Crippen LogP contribution in [0.15, 0.2) is 30.9 Å². The minimum absolute atomic E-state index is 0.0125. The number of aromatic amines is 1. The molecule has 3 atom stereocenters. The first-order valence-electron chi connectivity index (χ1n) is 12.0. The van der Waals surface area contributed by atoms with E-state index in [1.165, 1.54) is 22.8 Å². The number of nitrogens with zero attached hydrogens (tertiary/aromatic N) is 5. The summed E-state index contributed by atoms with van der Waals surface area (Å²) in [5.74, 6) is 0.296. The number of nitrogens with one attached hydrogen (secondary N) is 1. The van der Waals surface area contributed by atoms with E-state index in [2.05, 4.69) is 57.8 Å². The Morgan fingerprint density at radius 1 is 1.27 bits per heavy atom. The Kier molecular flexibility index (Phi) is 6.21. The van der Waals surface area contributed by atoms with E-state index in [0.29, 0.717) is 12.8 Å². The minimum atomic E-state index is -3.60. The Hall–Kier alpha value is -3.13. The van der Waals surface area contributed by atoms with Gasteiger partial charge in [-0.05, 0) is 29.5 Å². The molecule has 4 heterocycles. The molecule has 0 bridgehead atoms. The van der Waals surface area contributed by atoms with Gasteiger partial charge in [-0.2, -0.15) is 0 Å². The van der Waals surface area contributed by atoms with Gasteiger partial charge in [0.05, 0.1) is 35.5 Å². The smallest absolute Gasteiger partial charge is 0.197 e. The van der Waals surface area contributed by atoms with Crippen molar-refractivity contribution in [2.45, 2.75) is 57.0 Å². The highest BCUT2D eigenvalue weighted by Gasteiger charge is 2.51. The highest BCUT2D eigenvalue weighted by atomic mass is 32.2. The second-order valence-corrected chi connectivity index (χ2v) is 12.8. The Bertz CT molecular complexity index is 1560. The van der Waals surface area contributed by atoms with Crippen LogP contribution in [0.4, 0.5) is 5.82 Å². The quantitative estimate of drug-likeness (QED) is 0.270. The van der Waals surface area contributed by atoms with Crippen LogP contribution in [-0.4, -0.2) is 78.4 Å². The molecule has 0 amide bonds. The molecule has 1 saturated heterocycles. The normalized spacial score (nSPS) is 22.8. The molecule has 0 radical (unpaired) electrons. The number of aliphatic hydroxyl groups excluding tert-OH is 1. The molecule has 13 heteroatoms. The van der Waals surface area contributed by atoms with Gasteiger partial charge in [-0.15, -0.1) is 0 Å². The molecule has 0 saturated carbocycles. The number of nitrogen functional groups attached to an aromatic ring is 1. The van der Waals surface area contributed by atoms with Crippen molar-refractivity contribution in [1.29, 1.82) is 0 Å². The van der Waals surface area contributed by atoms with E-state index in [0.717, 1.165) is 16.9 Å². The van der Waals surface area contributed by atoms with E-state index in [9.17, 15) is 18.6 Å². The van der Waals surface area contributed by atoms with E-state index in [-0.39, 0.29) is 34.8 Å². The lowest BCUT2D eigenvalue weighted by Crippen LogP contribution is -2.47. The molecule has 1 aromatic carbocycles. The monoisotopic (exact) mass is 529 g/mol. The van der Waals surface area contributed by atoms with Gasteiger partial charge < -0.3 is 25.7 Å². The van der Waals surface area contributed by atoms with Gasteiger partial charge in [0.25, 0.3) is 0 Å². The summed E-state index contributed by atoms with van der Waals surface area (Å²) in [4.78, 5) is 19.9. The Balaban J connectivity index is 1.22. The number of anilines is 1. The van der Waals surface area contributed by atoms with Gasteiger partial charge in [0.1, 0.15) is 29.9 Å². The first-order chi connectivity index (χ1) is 17.4. The summed E-state index contributed by atoms with van der Waals surface area (Å²) in [5, 5.41) is 22.0. The molecule has 4 aromatic rings. The highest BCUT2D eigenvalue weighted by molar-refractivity contribution is 7.91. The third-order valence-corrected chi connectivity index (χ3v) is 8.55. The van der Waals surface area contributed by atoms with Crippen LogP contribution >= 0.6 is 0 Å². The Labute approximate surface area is 213 Å². The number of nitrogens with two attached hydrogens (primary N) is 1. The van der Waals surface area contributed by atoms with Crippen molar-refractivity contribution in [2.75, 3.05) is 23.8 Å². The summed E-state index contributed by atoms with van der Waals surface area (Å²) in [6.45, 7) is 6.09. The SMILES string of the molecule is CC(C)(C)c1ccc2nc(CCCS(=O)(=O)CC3OCC(O)(n4cnc5c(N)ncnc54)C3O)[nH]c2c1. The Morgan fingerprint density at radius 2 is 2.05 bits per heavy atom. The van der Waals surface area contributed by atoms with Crippen LogP contribution < -0.4 is 5.73 Å². The zero-order chi connectivity index (χ0) is 26.6. The van der Waals surface area contributed by atoms with Crippen LogP contribution in [0.2, 0.25) is 0 Å². The lowest BCUT2D eigenvalue weighted by Gasteiger charge is -2.27. The average molecular weight is 530 g/mol. The maximum absolute atomic E-state index is 12.8. The molecule has 1 fully saturated rings. The summed E-state index contributed by atoms with van der Waals surface area (Å²) in [7, 11) is -3.60. The topological polar surface area (TPSA) is 182 Å². The van der Waals surface area contributed by atoms with Gasteiger partial charge in [0.2, 0.25) is 0 Å². The standard InChI is InChI=1S/C24H31N7O5S/c1-23(2,3)14-6-7-15-16(9-14)30-18(29-15)5-4-8-37(34,35)10-17-20(32)24(33,11-36-17)31-13-28-19-21(25)26-12-27-22(19)31/h6-7,9,12-13,17,20,32-33H,4-5,8,10-11H2,1-3H3,(H,29,30)(H2,25,26,27). The number of rotatable bonds is 7. The number of fused-ring (bicyclic) bond motifs is 2. The van der Waals surface area contributed by atoms with Gasteiger partial charge in [0, 0.05) is 6.42 Å². The number of aliphatic hydroxyl groups is 2. The summed E-state index contributed by atoms with van der Waals surface area (Å²) in [6.07, 6.45) is 0.658. The second-order valence-electron chi connectivity index (χ2n) is 10.6. The van der Waals surface area contributed by atoms with E-state index in [4.69, 9.17) is 10.5 Å². The van der Waals surface area contributed by atoms with E-state index in [1.807, 2.05) is 6.07 Å². The fourth-order valence-corrected chi connectivity index (χ4v) is 6.16. The number of sulfone groups is 1. The lowest BCUT2D eigenvalue weighted by molar-refractivity contribution is -0.107. The molecule has 3 unspecified atom stereocenters. The number of hydrogen-bond donors (Lipinski definition) is 4. The summed E-state index contributed by atoms with van der Waals surface area (Å²) < 4.78 is 32.5. The van der Waals surface area contributed by atoms with Crippen molar-refractivity contribution >= 4 is 37.9 Å². The molecule has 1 aliphatic heterocycles. The van der Waals surface area contributed by atoms with Crippen molar-refractivity contribution in [3.05, 3.63) is 42.2 Å². The maximum Gasteiger partial charge on any atom is 0.197 e. The molecule has 1 aliphatic rings. The van der Waals surface area contributed by atoms with Gasteiger partial charge in [0.15, 0.2) is 27.0 Å². The molecule has 5 N–H and O–H groups in total. The fourth-order valence-electron chi connectivity index (χ4n) is 4.63. The van der Waals surface area contributed by atoms with Gasteiger partial charge in [-0.25, -0.2) is 28.4 Å². The predicted octanol–water partition coefficient (Wildman–Crippen LogP) is 1.03. The van der Waals surface area contributed by atoms with E-state index >= 15 is 0 Å². The molecular formula is C24H31N7O5S.